The molecule has 1 aliphatic rings. The molecule has 0 aromatic heterocycles. The monoisotopic (exact) mass is 366 g/mol. The highest BCUT2D eigenvalue weighted by molar-refractivity contribution is 5.97. The van der Waals surface area contributed by atoms with E-state index in [0.29, 0.717) is 11.3 Å². The van der Waals surface area contributed by atoms with Crippen LogP contribution in [0, 0.1) is 0 Å². The number of nitrogens with zero attached hydrogens (tertiary/aromatic N) is 2. The molecule has 2 N–H and O–H groups in total. The van der Waals surface area contributed by atoms with Crippen LogP contribution in [-0.4, -0.2) is 44.3 Å². The SMILES string of the molecule is CC(=O)Nc1cccc(C(=O)N/N=C/c2ccc(N3CCOCC3)cc2)c1. The lowest BCUT2D eigenvalue weighted by atomic mass is 10.2. The standard InChI is InChI=1S/C20H22N4O3/c1-15(25)22-18-4-2-3-17(13-18)20(26)23-21-14-16-5-7-19(8-6-16)24-9-11-27-12-10-24/h2-8,13-14H,9-12H2,1H3,(H,22,25)(H,23,26)/b21-14+. The summed E-state index contributed by atoms with van der Waals surface area (Å²) in [5.41, 5.74) is 5.52. The number of hydrazone groups is 1. The highest BCUT2D eigenvalue weighted by Crippen LogP contribution is 2.16. The van der Waals surface area contributed by atoms with E-state index in [9.17, 15) is 9.59 Å². The first-order chi connectivity index (χ1) is 13.1. The van der Waals surface area contributed by atoms with Gasteiger partial charge < -0.3 is 15.0 Å². The minimum atomic E-state index is -0.344. The Morgan fingerprint density at radius 2 is 1.85 bits per heavy atom. The van der Waals surface area contributed by atoms with Crippen molar-refractivity contribution in [2.45, 2.75) is 6.92 Å². The van der Waals surface area contributed by atoms with Crippen molar-refractivity contribution >= 4 is 29.4 Å². The molecule has 7 heteroatoms. The highest BCUT2D eigenvalue weighted by Gasteiger charge is 2.10. The van der Waals surface area contributed by atoms with Crippen LogP contribution in [0.15, 0.2) is 53.6 Å². The first-order valence-electron chi connectivity index (χ1n) is 8.75. The van der Waals surface area contributed by atoms with Crippen LogP contribution in [-0.2, 0) is 9.53 Å². The average molecular weight is 366 g/mol. The molecule has 0 aliphatic carbocycles. The van der Waals surface area contributed by atoms with Crippen LogP contribution in [0.5, 0.6) is 0 Å². The van der Waals surface area contributed by atoms with Crippen molar-refractivity contribution < 1.29 is 14.3 Å². The summed E-state index contributed by atoms with van der Waals surface area (Å²) in [7, 11) is 0. The van der Waals surface area contributed by atoms with E-state index in [1.165, 1.54) is 6.92 Å². The number of ether oxygens (including phenoxy) is 1. The van der Waals surface area contributed by atoms with E-state index < -0.39 is 0 Å². The summed E-state index contributed by atoms with van der Waals surface area (Å²) in [6.07, 6.45) is 1.60. The number of rotatable bonds is 5. The van der Waals surface area contributed by atoms with E-state index in [1.807, 2.05) is 24.3 Å². The quantitative estimate of drug-likeness (QED) is 0.628. The number of amides is 2. The molecule has 7 nitrogen and oxygen atoms in total. The summed E-state index contributed by atoms with van der Waals surface area (Å²) in [6.45, 7) is 4.69. The molecule has 0 radical (unpaired) electrons. The van der Waals surface area contributed by atoms with Gasteiger partial charge in [-0.3, -0.25) is 9.59 Å². The molecule has 1 heterocycles. The molecule has 1 aliphatic heterocycles. The maximum Gasteiger partial charge on any atom is 0.271 e. The predicted octanol–water partition coefficient (Wildman–Crippen LogP) is 2.25. The van der Waals surface area contributed by atoms with Crippen LogP contribution in [0.3, 0.4) is 0 Å². The molecule has 0 saturated carbocycles. The Morgan fingerprint density at radius 3 is 2.56 bits per heavy atom. The zero-order valence-electron chi connectivity index (χ0n) is 15.1. The summed E-state index contributed by atoms with van der Waals surface area (Å²) in [4.78, 5) is 25.6. The van der Waals surface area contributed by atoms with Gasteiger partial charge in [0.25, 0.3) is 5.91 Å². The minimum absolute atomic E-state index is 0.189. The smallest absolute Gasteiger partial charge is 0.271 e. The van der Waals surface area contributed by atoms with E-state index in [-0.39, 0.29) is 11.8 Å². The maximum atomic E-state index is 12.2. The van der Waals surface area contributed by atoms with Gasteiger partial charge in [0, 0.05) is 37.0 Å². The Bertz CT molecular complexity index is 827. The molecule has 3 rings (SSSR count). The second-order valence-electron chi connectivity index (χ2n) is 6.15. The normalized spacial score (nSPS) is 14.2. The van der Waals surface area contributed by atoms with Gasteiger partial charge in [-0.25, -0.2) is 5.43 Å². The largest absolute Gasteiger partial charge is 0.378 e. The van der Waals surface area contributed by atoms with Gasteiger partial charge in [-0.1, -0.05) is 18.2 Å². The molecule has 0 atom stereocenters. The van der Waals surface area contributed by atoms with Crippen LogP contribution in [0.1, 0.15) is 22.8 Å². The van der Waals surface area contributed by atoms with Crippen LogP contribution in [0.2, 0.25) is 0 Å². The van der Waals surface area contributed by atoms with Crippen LogP contribution in [0.25, 0.3) is 0 Å². The topological polar surface area (TPSA) is 83.0 Å². The van der Waals surface area contributed by atoms with E-state index in [0.717, 1.165) is 37.6 Å². The zero-order valence-corrected chi connectivity index (χ0v) is 15.1. The second kappa shape index (κ2) is 8.95. The number of hydrogen-bond acceptors (Lipinski definition) is 5. The number of carbonyl (C=O) groups excluding carboxylic acids is 2. The molecule has 0 spiro atoms. The molecule has 2 aromatic rings. The fraction of sp³-hybridized carbons (Fsp3) is 0.250. The van der Waals surface area contributed by atoms with Gasteiger partial charge in [-0.2, -0.15) is 5.10 Å². The van der Waals surface area contributed by atoms with Crippen molar-refractivity contribution in [3.8, 4) is 0 Å². The molecule has 2 amide bonds. The molecule has 2 aromatic carbocycles. The van der Waals surface area contributed by atoms with Gasteiger partial charge in [0.2, 0.25) is 5.91 Å². The molecule has 1 saturated heterocycles. The number of anilines is 2. The third-order valence-corrected chi connectivity index (χ3v) is 4.09. The van der Waals surface area contributed by atoms with Gasteiger partial charge in [-0.15, -0.1) is 0 Å². The summed E-state index contributed by atoms with van der Waals surface area (Å²) >= 11 is 0. The molecular formula is C20H22N4O3. The summed E-state index contributed by atoms with van der Waals surface area (Å²) < 4.78 is 5.36. The molecule has 27 heavy (non-hydrogen) atoms. The van der Waals surface area contributed by atoms with E-state index in [2.05, 4.69) is 20.7 Å². The summed E-state index contributed by atoms with van der Waals surface area (Å²) in [6, 6.07) is 14.7. The maximum absolute atomic E-state index is 12.2. The Labute approximate surface area is 158 Å². The van der Waals surface area contributed by atoms with Crippen LogP contribution < -0.4 is 15.6 Å². The lowest BCUT2D eigenvalue weighted by molar-refractivity contribution is -0.114. The van der Waals surface area contributed by atoms with Gasteiger partial charge >= 0.3 is 0 Å². The third-order valence-electron chi connectivity index (χ3n) is 4.09. The van der Waals surface area contributed by atoms with E-state index in [1.54, 1.807) is 30.5 Å². The number of nitrogens with one attached hydrogen (secondary N) is 2. The summed E-state index contributed by atoms with van der Waals surface area (Å²) in [5, 5.41) is 6.65. The van der Waals surface area contributed by atoms with Gasteiger partial charge in [0.15, 0.2) is 0 Å². The van der Waals surface area contributed by atoms with E-state index in [4.69, 9.17) is 4.74 Å². The average Bonchev–Trinajstić information content (AvgIpc) is 2.69. The molecule has 0 bridgehead atoms. The van der Waals surface area contributed by atoms with Gasteiger partial charge in [-0.05, 0) is 35.9 Å². The number of morpholine rings is 1. The molecule has 140 valence electrons. The van der Waals surface area contributed by atoms with Crippen molar-refractivity contribution in [2.75, 3.05) is 36.5 Å². The van der Waals surface area contributed by atoms with Crippen LogP contribution in [0.4, 0.5) is 11.4 Å². The van der Waals surface area contributed by atoms with Crippen molar-refractivity contribution in [3.05, 3.63) is 59.7 Å². The van der Waals surface area contributed by atoms with Crippen molar-refractivity contribution in [1.82, 2.24) is 5.43 Å². The zero-order chi connectivity index (χ0) is 19.1. The van der Waals surface area contributed by atoms with Crippen molar-refractivity contribution in [1.29, 1.82) is 0 Å². The lowest BCUT2D eigenvalue weighted by Gasteiger charge is -2.28. The number of hydrogen-bond donors (Lipinski definition) is 2. The first kappa shape index (κ1) is 18.6. The Kier molecular flexibility index (Phi) is 6.17. The second-order valence-corrected chi connectivity index (χ2v) is 6.15. The molecular weight excluding hydrogens is 344 g/mol. The Morgan fingerprint density at radius 1 is 1.11 bits per heavy atom. The minimum Gasteiger partial charge on any atom is -0.378 e. The molecule has 1 fully saturated rings. The van der Waals surface area contributed by atoms with Crippen LogP contribution >= 0.6 is 0 Å². The molecule has 0 unspecified atom stereocenters. The fourth-order valence-corrected chi connectivity index (χ4v) is 2.76. The summed E-state index contributed by atoms with van der Waals surface area (Å²) in [5.74, 6) is -0.533. The number of benzene rings is 2. The number of carbonyl (C=O) groups is 2. The highest BCUT2D eigenvalue weighted by atomic mass is 16.5. The Hall–Kier alpha value is -3.19. The van der Waals surface area contributed by atoms with Crippen molar-refractivity contribution in [3.63, 3.8) is 0 Å². The lowest BCUT2D eigenvalue weighted by Crippen LogP contribution is -2.36. The third kappa shape index (κ3) is 5.39. The Balaban J connectivity index is 1.56. The van der Waals surface area contributed by atoms with Gasteiger partial charge in [0.1, 0.15) is 0 Å². The van der Waals surface area contributed by atoms with E-state index >= 15 is 0 Å². The fourth-order valence-electron chi connectivity index (χ4n) is 2.76. The first-order valence-corrected chi connectivity index (χ1v) is 8.75. The van der Waals surface area contributed by atoms with Crippen molar-refractivity contribution in [2.24, 2.45) is 5.10 Å². The van der Waals surface area contributed by atoms with Gasteiger partial charge in [0.05, 0.1) is 19.4 Å². The predicted molar refractivity (Wildman–Crippen MR) is 105 cm³/mol.